The standard InChI is InChI=1S/C9H11FN2O2S/c10-8-4-3-7(5-9(8)11)15(13,14)12-6-1-2-6/h3-6,12H,1-2,11H2. The van der Waals surface area contributed by atoms with Crippen molar-refractivity contribution in [3.05, 3.63) is 24.0 Å². The molecule has 0 unspecified atom stereocenters. The van der Waals surface area contributed by atoms with E-state index >= 15 is 0 Å². The summed E-state index contributed by atoms with van der Waals surface area (Å²) in [5.74, 6) is -0.611. The summed E-state index contributed by atoms with van der Waals surface area (Å²) >= 11 is 0. The van der Waals surface area contributed by atoms with Gasteiger partial charge in [-0.2, -0.15) is 0 Å². The molecule has 0 aliphatic heterocycles. The van der Waals surface area contributed by atoms with Gasteiger partial charge in [-0.1, -0.05) is 0 Å². The zero-order chi connectivity index (χ0) is 11.1. The molecule has 82 valence electrons. The summed E-state index contributed by atoms with van der Waals surface area (Å²) in [6.07, 6.45) is 1.71. The number of rotatable bonds is 3. The Kier molecular flexibility index (Phi) is 2.40. The summed E-state index contributed by atoms with van der Waals surface area (Å²) < 4.78 is 38.6. The Labute approximate surface area is 87.3 Å². The highest BCUT2D eigenvalue weighted by Crippen LogP contribution is 2.23. The van der Waals surface area contributed by atoms with E-state index in [1.54, 1.807) is 0 Å². The lowest BCUT2D eigenvalue weighted by molar-refractivity contribution is 0.580. The highest BCUT2D eigenvalue weighted by molar-refractivity contribution is 7.89. The minimum Gasteiger partial charge on any atom is -0.396 e. The number of hydrogen-bond acceptors (Lipinski definition) is 3. The number of benzene rings is 1. The number of sulfonamides is 1. The van der Waals surface area contributed by atoms with Gasteiger partial charge >= 0.3 is 0 Å². The van der Waals surface area contributed by atoms with E-state index in [2.05, 4.69) is 4.72 Å². The summed E-state index contributed by atoms with van der Waals surface area (Å²) in [7, 11) is -3.53. The molecule has 0 spiro atoms. The van der Waals surface area contributed by atoms with Gasteiger partial charge in [-0.15, -0.1) is 0 Å². The van der Waals surface area contributed by atoms with Crippen LogP contribution in [0.1, 0.15) is 12.8 Å². The van der Waals surface area contributed by atoms with Gasteiger partial charge in [0.25, 0.3) is 0 Å². The van der Waals surface area contributed by atoms with E-state index in [4.69, 9.17) is 5.73 Å². The van der Waals surface area contributed by atoms with E-state index in [9.17, 15) is 12.8 Å². The lowest BCUT2D eigenvalue weighted by Crippen LogP contribution is -2.25. The molecule has 3 N–H and O–H groups in total. The Morgan fingerprint density at radius 2 is 2.07 bits per heavy atom. The molecule has 0 heterocycles. The SMILES string of the molecule is Nc1cc(S(=O)(=O)NC2CC2)ccc1F. The first-order chi connectivity index (χ1) is 6.99. The van der Waals surface area contributed by atoms with Gasteiger partial charge in [0.05, 0.1) is 10.6 Å². The van der Waals surface area contributed by atoms with Crippen LogP contribution in [0.3, 0.4) is 0 Å². The van der Waals surface area contributed by atoms with Crippen LogP contribution in [0, 0.1) is 5.82 Å². The molecule has 1 aromatic carbocycles. The maximum Gasteiger partial charge on any atom is 0.240 e. The molecule has 1 aliphatic rings. The smallest absolute Gasteiger partial charge is 0.240 e. The molecule has 1 aliphatic carbocycles. The van der Waals surface area contributed by atoms with Crippen LogP contribution in [0.2, 0.25) is 0 Å². The van der Waals surface area contributed by atoms with E-state index in [0.717, 1.165) is 25.0 Å². The zero-order valence-electron chi connectivity index (χ0n) is 7.90. The number of nitrogens with two attached hydrogens (primary N) is 1. The van der Waals surface area contributed by atoms with Crippen molar-refractivity contribution >= 4 is 15.7 Å². The molecule has 15 heavy (non-hydrogen) atoms. The molecule has 0 amide bonds. The van der Waals surface area contributed by atoms with Gasteiger partial charge in [-0.05, 0) is 31.0 Å². The van der Waals surface area contributed by atoms with Gasteiger partial charge in [-0.25, -0.2) is 17.5 Å². The second-order valence-electron chi connectivity index (χ2n) is 3.58. The van der Waals surface area contributed by atoms with Crippen molar-refractivity contribution in [3.8, 4) is 0 Å². The summed E-state index contributed by atoms with van der Waals surface area (Å²) in [6.45, 7) is 0. The van der Waals surface area contributed by atoms with Crippen LogP contribution in [-0.2, 0) is 10.0 Å². The predicted molar refractivity (Wildman–Crippen MR) is 54.2 cm³/mol. The maximum absolute atomic E-state index is 12.8. The molecule has 1 aromatic rings. The average molecular weight is 230 g/mol. The molecule has 2 rings (SSSR count). The number of halogens is 1. The summed E-state index contributed by atoms with van der Waals surface area (Å²) in [4.78, 5) is 0.00769. The monoisotopic (exact) mass is 230 g/mol. The van der Waals surface area contributed by atoms with Gasteiger partial charge in [0.2, 0.25) is 10.0 Å². The molecule has 1 saturated carbocycles. The molecular weight excluding hydrogens is 219 g/mol. The van der Waals surface area contributed by atoms with Gasteiger partial charge < -0.3 is 5.73 Å². The molecule has 0 saturated heterocycles. The van der Waals surface area contributed by atoms with E-state index in [-0.39, 0.29) is 16.6 Å². The normalized spacial score (nSPS) is 16.6. The van der Waals surface area contributed by atoms with Gasteiger partial charge in [-0.3, -0.25) is 0 Å². The Morgan fingerprint density at radius 1 is 1.40 bits per heavy atom. The average Bonchev–Trinajstić information content (AvgIpc) is 2.92. The molecule has 1 fully saturated rings. The lowest BCUT2D eigenvalue weighted by Gasteiger charge is -2.06. The van der Waals surface area contributed by atoms with Crippen molar-refractivity contribution < 1.29 is 12.8 Å². The quantitative estimate of drug-likeness (QED) is 0.756. The Hall–Kier alpha value is -1.14. The van der Waals surface area contributed by atoms with Gasteiger partial charge in [0, 0.05) is 6.04 Å². The molecular formula is C9H11FN2O2S. The van der Waals surface area contributed by atoms with Gasteiger partial charge in [0.15, 0.2) is 0 Å². The topological polar surface area (TPSA) is 72.2 Å². The minimum absolute atomic E-state index is 0.00769. The number of nitrogen functional groups attached to an aromatic ring is 1. The molecule has 0 radical (unpaired) electrons. The number of anilines is 1. The lowest BCUT2D eigenvalue weighted by atomic mass is 10.3. The van der Waals surface area contributed by atoms with Crippen molar-refractivity contribution in [3.63, 3.8) is 0 Å². The van der Waals surface area contributed by atoms with Crippen LogP contribution >= 0.6 is 0 Å². The van der Waals surface area contributed by atoms with Crippen LogP contribution < -0.4 is 10.5 Å². The second kappa shape index (κ2) is 3.46. The molecule has 4 nitrogen and oxygen atoms in total. The van der Waals surface area contributed by atoms with Crippen molar-refractivity contribution in [2.24, 2.45) is 0 Å². The summed E-state index contributed by atoms with van der Waals surface area (Å²) in [6, 6.07) is 3.41. The van der Waals surface area contributed by atoms with Crippen molar-refractivity contribution in [1.82, 2.24) is 4.72 Å². The van der Waals surface area contributed by atoms with Crippen LogP contribution in [-0.4, -0.2) is 14.5 Å². The first-order valence-electron chi connectivity index (χ1n) is 4.56. The van der Waals surface area contributed by atoms with Crippen LogP contribution in [0.5, 0.6) is 0 Å². The Balaban J connectivity index is 2.31. The predicted octanol–water partition coefficient (Wildman–Crippen LogP) is 0.849. The van der Waals surface area contributed by atoms with E-state index in [0.29, 0.717) is 0 Å². The van der Waals surface area contributed by atoms with Gasteiger partial charge in [0.1, 0.15) is 5.82 Å². The van der Waals surface area contributed by atoms with Crippen molar-refractivity contribution in [2.75, 3.05) is 5.73 Å². The third-order valence-corrected chi connectivity index (χ3v) is 3.70. The fourth-order valence-corrected chi connectivity index (χ4v) is 2.52. The largest absolute Gasteiger partial charge is 0.396 e. The highest BCUT2D eigenvalue weighted by Gasteiger charge is 2.28. The van der Waals surface area contributed by atoms with Crippen LogP contribution in [0.4, 0.5) is 10.1 Å². The zero-order valence-corrected chi connectivity index (χ0v) is 8.72. The third-order valence-electron chi connectivity index (χ3n) is 2.18. The maximum atomic E-state index is 12.8. The molecule has 0 bridgehead atoms. The number of nitrogens with one attached hydrogen (secondary N) is 1. The summed E-state index contributed by atoms with van der Waals surface area (Å²) in [5, 5.41) is 0. The molecule has 0 aromatic heterocycles. The van der Waals surface area contributed by atoms with E-state index in [1.165, 1.54) is 6.07 Å². The van der Waals surface area contributed by atoms with Crippen LogP contribution in [0.15, 0.2) is 23.1 Å². The fraction of sp³-hybridized carbons (Fsp3) is 0.333. The van der Waals surface area contributed by atoms with Crippen molar-refractivity contribution in [2.45, 2.75) is 23.8 Å². The Bertz CT molecular complexity index is 483. The summed E-state index contributed by atoms with van der Waals surface area (Å²) in [5.41, 5.74) is 5.14. The molecule has 6 heteroatoms. The third kappa shape index (κ3) is 2.27. The van der Waals surface area contributed by atoms with E-state index in [1.807, 2.05) is 0 Å². The fourth-order valence-electron chi connectivity index (χ4n) is 1.18. The first kappa shape index (κ1) is 10.4. The number of hydrogen-bond donors (Lipinski definition) is 2. The molecule has 0 atom stereocenters. The first-order valence-corrected chi connectivity index (χ1v) is 6.05. The second-order valence-corrected chi connectivity index (χ2v) is 5.29. The van der Waals surface area contributed by atoms with Crippen LogP contribution in [0.25, 0.3) is 0 Å². The minimum atomic E-state index is -3.53. The van der Waals surface area contributed by atoms with E-state index < -0.39 is 15.8 Å². The Morgan fingerprint density at radius 3 is 2.60 bits per heavy atom. The van der Waals surface area contributed by atoms with Crippen molar-refractivity contribution in [1.29, 1.82) is 0 Å². The highest BCUT2D eigenvalue weighted by atomic mass is 32.2.